The first-order chi connectivity index (χ1) is 5.38. The highest BCUT2D eigenvalue weighted by Crippen LogP contribution is 2.53. The molecule has 1 heteroatoms. The highest BCUT2D eigenvalue weighted by molar-refractivity contribution is 5.88. The van der Waals surface area contributed by atoms with Crippen LogP contribution in [0.1, 0.15) is 11.1 Å². The minimum Gasteiger partial charge on any atom is -0.334 e. The Bertz CT molecular complexity index is 363. The molecule has 0 spiro atoms. The zero-order valence-corrected chi connectivity index (χ0v) is 6.46. The molecule has 0 aromatic heterocycles. The van der Waals surface area contributed by atoms with Gasteiger partial charge in [0.2, 0.25) is 0 Å². The molecule has 0 unspecified atom stereocenters. The van der Waals surface area contributed by atoms with Crippen molar-refractivity contribution in [2.75, 3.05) is 6.54 Å². The van der Waals surface area contributed by atoms with Gasteiger partial charge >= 0.3 is 0 Å². The second kappa shape index (κ2) is 1.50. The molecule has 0 bridgehead atoms. The largest absolute Gasteiger partial charge is 0.334 e. The first-order valence-corrected chi connectivity index (χ1v) is 3.94. The molecule has 11 heavy (non-hydrogen) atoms. The molecule has 0 radical (unpaired) electrons. The third kappa shape index (κ3) is 0.603. The summed E-state index contributed by atoms with van der Waals surface area (Å²) < 4.78 is 0. The average molecular weight is 143 g/mol. The van der Waals surface area contributed by atoms with Gasteiger partial charge in [-0.2, -0.15) is 0 Å². The Kier molecular flexibility index (Phi) is 0.738. The summed E-state index contributed by atoms with van der Waals surface area (Å²) in [5.41, 5.74) is 5.86. The fourth-order valence-corrected chi connectivity index (χ4v) is 1.55. The maximum absolute atomic E-state index is 2.35. The zero-order valence-electron chi connectivity index (χ0n) is 6.46. The molecule has 2 aliphatic rings. The van der Waals surface area contributed by atoms with E-state index in [0.29, 0.717) is 0 Å². The minimum absolute atomic E-state index is 1.23. The Morgan fingerprint density at radius 3 is 2.55 bits per heavy atom. The van der Waals surface area contributed by atoms with E-state index in [2.05, 4.69) is 36.1 Å². The first kappa shape index (κ1) is 5.42. The number of aryl methyl sites for hydroxylation is 1. The van der Waals surface area contributed by atoms with Crippen molar-refractivity contribution in [3.63, 3.8) is 0 Å². The molecule has 2 heterocycles. The molecule has 54 valence electrons. The van der Waals surface area contributed by atoms with Crippen LogP contribution < -0.4 is 0 Å². The van der Waals surface area contributed by atoms with Crippen LogP contribution in [-0.4, -0.2) is 11.4 Å². The van der Waals surface area contributed by atoms with Crippen LogP contribution in [0.2, 0.25) is 0 Å². The standard InChI is InChI=1S/C10H9N/c1-7-4-2-3-5-8(7)10-9-6-11(9)10/h2-5H,6H2,1H3. The van der Waals surface area contributed by atoms with Crippen LogP contribution >= 0.6 is 0 Å². The summed E-state index contributed by atoms with van der Waals surface area (Å²) in [6.45, 7) is 3.39. The summed E-state index contributed by atoms with van der Waals surface area (Å²) in [4.78, 5) is 2.35. The number of fused-ring (bicyclic) bond motifs is 1. The minimum atomic E-state index is 1.23. The van der Waals surface area contributed by atoms with Crippen molar-refractivity contribution in [2.24, 2.45) is 0 Å². The van der Waals surface area contributed by atoms with Gasteiger partial charge in [-0.3, -0.25) is 0 Å². The van der Waals surface area contributed by atoms with E-state index < -0.39 is 0 Å². The molecular weight excluding hydrogens is 134 g/mol. The van der Waals surface area contributed by atoms with Crippen LogP contribution in [0.4, 0.5) is 0 Å². The van der Waals surface area contributed by atoms with E-state index in [0.717, 1.165) is 0 Å². The van der Waals surface area contributed by atoms with Gasteiger partial charge in [-0.1, -0.05) is 24.3 Å². The fraction of sp³-hybridized carbons (Fsp3) is 0.200. The van der Waals surface area contributed by atoms with E-state index in [9.17, 15) is 0 Å². The predicted molar refractivity (Wildman–Crippen MR) is 44.8 cm³/mol. The average Bonchev–Trinajstić information content (AvgIpc) is 2.80. The Balaban J connectivity index is 2.13. The van der Waals surface area contributed by atoms with E-state index in [-0.39, 0.29) is 0 Å². The molecule has 1 nitrogen and oxygen atoms in total. The lowest BCUT2D eigenvalue weighted by Gasteiger charge is -2.01. The molecule has 3 rings (SSSR count). The lowest BCUT2D eigenvalue weighted by molar-refractivity contribution is 0.920. The van der Waals surface area contributed by atoms with Gasteiger partial charge in [0.25, 0.3) is 0 Å². The van der Waals surface area contributed by atoms with Crippen molar-refractivity contribution >= 4 is 5.70 Å². The highest BCUT2D eigenvalue weighted by atomic mass is 15.4. The van der Waals surface area contributed by atoms with Crippen molar-refractivity contribution in [2.45, 2.75) is 6.92 Å². The second-order valence-corrected chi connectivity index (χ2v) is 3.20. The summed E-state index contributed by atoms with van der Waals surface area (Å²) in [7, 11) is 0. The molecule has 0 aliphatic carbocycles. The second-order valence-electron chi connectivity index (χ2n) is 3.20. The Labute approximate surface area is 65.9 Å². The molecular formula is C10H9N. The van der Waals surface area contributed by atoms with E-state index in [1.807, 2.05) is 0 Å². The number of benzene rings is 1. The summed E-state index contributed by atoms with van der Waals surface area (Å²) in [5.74, 6) is 0. The Hall–Kier alpha value is -1.24. The Morgan fingerprint density at radius 1 is 1.27 bits per heavy atom. The smallest absolute Gasteiger partial charge is 0.0706 e. The summed E-state index contributed by atoms with van der Waals surface area (Å²) >= 11 is 0. The molecule has 2 aliphatic heterocycles. The number of hydrogen-bond acceptors (Lipinski definition) is 1. The maximum atomic E-state index is 2.35. The van der Waals surface area contributed by atoms with Crippen LogP contribution in [0.3, 0.4) is 0 Å². The van der Waals surface area contributed by atoms with Crippen molar-refractivity contribution < 1.29 is 0 Å². The van der Waals surface area contributed by atoms with Gasteiger partial charge in [0.05, 0.1) is 17.9 Å². The van der Waals surface area contributed by atoms with Gasteiger partial charge in [0.1, 0.15) is 0 Å². The topological polar surface area (TPSA) is 3.01 Å². The summed E-state index contributed by atoms with van der Waals surface area (Å²) in [6, 6.07) is 8.56. The van der Waals surface area contributed by atoms with Crippen LogP contribution in [0, 0.1) is 6.92 Å². The van der Waals surface area contributed by atoms with Crippen molar-refractivity contribution in [3.8, 4) is 0 Å². The molecule has 1 saturated heterocycles. The third-order valence-corrected chi connectivity index (χ3v) is 2.42. The van der Waals surface area contributed by atoms with Gasteiger partial charge in [-0.25, -0.2) is 0 Å². The van der Waals surface area contributed by atoms with E-state index in [4.69, 9.17) is 0 Å². The quantitative estimate of drug-likeness (QED) is 0.543. The van der Waals surface area contributed by atoms with Gasteiger partial charge in [-0.15, -0.1) is 0 Å². The Morgan fingerprint density at radius 2 is 2.00 bits per heavy atom. The summed E-state index contributed by atoms with van der Waals surface area (Å²) in [6.07, 6.45) is 0. The van der Waals surface area contributed by atoms with Crippen molar-refractivity contribution in [1.29, 1.82) is 0 Å². The van der Waals surface area contributed by atoms with Crippen molar-refractivity contribution in [3.05, 3.63) is 41.1 Å². The molecule has 0 amide bonds. The normalized spacial score (nSPS) is 18.5. The summed E-state index contributed by atoms with van der Waals surface area (Å²) in [5, 5.41) is 0. The maximum Gasteiger partial charge on any atom is 0.0706 e. The monoisotopic (exact) mass is 143 g/mol. The fourth-order valence-electron chi connectivity index (χ4n) is 1.55. The lowest BCUT2D eigenvalue weighted by atomic mass is 10.1. The molecule has 0 N–H and O–H groups in total. The molecule has 1 aromatic carbocycles. The van der Waals surface area contributed by atoms with E-state index >= 15 is 0 Å². The number of rotatable bonds is 1. The van der Waals surface area contributed by atoms with Crippen LogP contribution in [-0.2, 0) is 0 Å². The van der Waals surface area contributed by atoms with Gasteiger partial charge in [-0.05, 0) is 12.5 Å². The van der Waals surface area contributed by atoms with Crippen LogP contribution in [0.25, 0.3) is 5.70 Å². The van der Waals surface area contributed by atoms with E-state index in [1.165, 1.54) is 23.4 Å². The van der Waals surface area contributed by atoms with Gasteiger partial charge in [0, 0.05) is 5.56 Å². The highest BCUT2D eigenvalue weighted by Gasteiger charge is 2.48. The lowest BCUT2D eigenvalue weighted by Crippen LogP contribution is -1.88. The van der Waals surface area contributed by atoms with Crippen LogP contribution in [0.15, 0.2) is 30.0 Å². The van der Waals surface area contributed by atoms with E-state index in [1.54, 1.807) is 5.70 Å². The van der Waals surface area contributed by atoms with Crippen LogP contribution in [0.5, 0.6) is 0 Å². The molecule has 1 aromatic rings. The van der Waals surface area contributed by atoms with Gasteiger partial charge < -0.3 is 4.90 Å². The number of hydrogen-bond donors (Lipinski definition) is 0. The van der Waals surface area contributed by atoms with Gasteiger partial charge in [0.15, 0.2) is 0 Å². The zero-order chi connectivity index (χ0) is 7.42. The number of nitrogens with zero attached hydrogens (tertiary/aromatic N) is 1. The third-order valence-electron chi connectivity index (χ3n) is 2.42. The first-order valence-electron chi connectivity index (χ1n) is 3.94. The molecule has 0 atom stereocenters. The SMILES string of the molecule is Cc1ccccc1C1=C2CN21. The predicted octanol–water partition coefficient (Wildman–Crippen LogP) is 1.99. The van der Waals surface area contributed by atoms with Crippen molar-refractivity contribution in [1.82, 2.24) is 4.90 Å². The molecule has 0 saturated carbocycles. The molecule has 1 fully saturated rings.